The Morgan fingerprint density at radius 2 is 2.00 bits per heavy atom. The number of carbonyl (C=O) groups excluding carboxylic acids is 1. The fraction of sp³-hybridized carbons (Fsp3) is 0.500. The van der Waals surface area contributed by atoms with Gasteiger partial charge in [-0.05, 0) is 32.4 Å². The Hall–Kier alpha value is -1.31. The van der Waals surface area contributed by atoms with Gasteiger partial charge in [-0.3, -0.25) is 4.79 Å². The molecule has 2 nitrogen and oxygen atoms in total. The van der Waals surface area contributed by atoms with Crippen LogP contribution in [0.5, 0.6) is 5.75 Å². The van der Waals surface area contributed by atoms with E-state index in [0.717, 1.165) is 17.7 Å². The zero-order valence-electron chi connectivity index (χ0n) is 10.5. The first-order chi connectivity index (χ1) is 7.54. The van der Waals surface area contributed by atoms with Crippen molar-refractivity contribution in [1.29, 1.82) is 0 Å². The largest absolute Gasteiger partial charge is 0.491 e. The highest BCUT2D eigenvalue weighted by Gasteiger charge is 2.13. The molecule has 1 rings (SSSR count). The standard InChI is InChI=1S/C14H20O2/c1-5-11(4)14(15)12-7-6-8-13(9-12)16-10(2)3/h6-11H,5H2,1-4H3. The van der Waals surface area contributed by atoms with Crippen LogP contribution in [0.25, 0.3) is 0 Å². The van der Waals surface area contributed by atoms with E-state index >= 15 is 0 Å². The summed E-state index contributed by atoms with van der Waals surface area (Å²) >= 11 is 0. The zero-order chi connectivity index (χ0) is 12.1. The Morgan fingerprint density at radius 1 is 1.31 bits per heavy atom. The van der Waals surface area contributed by atoms with Crippen LogP contribution in [0.4, 0.5) is 0 Å². The van der Waals surface area contributed by atoms with Gasteiger partial charge in [0.15, 0.2) is 5.78 Å². The van der Waals surface area contributed by atoms with Crippen molar-refractivity contribution in [3.05, 3.63) is 29.8 Å². The van der Waals surface area contributed by atoms with E-state index in [2.05, 4.69) is 0 Å². The molecule has 0 aliphatic rings. The molecule has 1 unspecified atom stereocenters. The molecule has 1 aromatic carbocycles. The average molecular weight is 220 g/mol. The van der Waals surface area contributed by atoms with Crippen molar-refractivity contribution in [2.24, 2.45) is 5.92 Å². The van der Waals surface area contributed by atoms with Crippen molar-refractivity contribution >= 4 is 5.78 Å². The van der Waals surface area contributed by atoms with Gasteiger partial charge in [0, 0.05) is 11.5 Å². The van der Waals surface area contributed by atoms with Crippen molar-refractivity contribution < 1.29 is 9.53 Å². The van der Waals surface area contributed by atoms with Gasteiger partial charge in [-0.25, -0.2) is 0 Å². The van der Waals surface area contributed by atoms with Crippen LogP contribution in [0.2, 0.25) is 0 Å². The van der Waals surface area contributed by atoms with E-state index in [1.165, 1.54) is 0 Å². The van der Waals surface area contributed by atoms with Crippen LogP contribution in [0, 0.1) is 5.92 Å². The topological polar surface area (TPSA) is 26.3 Å². The SMILES string of the molecule is CCC(C)C(=O)c1cccc(OC(C)C)c1. The van der Waals surface area contributed by atoms with E-state index in [1.54, 1.807) is 0 Å². The molecule has 0 saturated carbocycles. The summed E-state index contributed by atoms with van der Waals surface area (Å²) in [4.78, 5) is 12.0. The Labute approximate surface area is 97.6 Å². The molecule has 0 aliphatic heterocycles. The molecule has 1 aromatic rings. The van der Waals surface area contributed by atoms with Gasteiger partial charge in [-0.2, -0.15) is 0 Å². The van der Waals surface area contributed by atoms with Crippen LogP contribution in [-0.4, -0.2) is 11.9 Å². The lowest BCUT2D eigenvalue weighted by molar-refractivity contribution is 0.0926. The van der Waals surface area contributed by atoms with Gasteiger partial charge in [-0.1, -0.05) is 26.0 Å². The number of carbonyl (C=O) groups is 1. The quantitative estimate of drug-likeness (QED) is 0.707. The molecular formula is C14H20O2. The number of Topliss-reactive ketones (excluding diaryl/α,β-unsaturated/α-hetero) is 1. The highest BCUT2D eigenvalue weighted by molar-refractivity contribution is 5.97. The Bertz CT molecular complexity index is 356. The molecular weight excluding hydrogens is 200 g/mol. The minimum absolute atomic E-state index is 0.0781. The van der Waals surface area contributed by atoms with Crippen molar-refractivity contribution in [2.75, 3.05) is 0 Å². The summed E-state index contributed by atoms with van der Waals surface area (Å²) in [5.74, 6) is 1.04. The summed E-state index contributed by atoms with van der Waals surface area (Å²) in [6.45, 7) is 7.93. The number of ether oxygens (including phenoxy) is 1. The fourth-order valence-electron chi connectivity index (χ4n) is 1.46. The number of hydrogen-bond acceptors (Lipinski definition) is 2. The third kappa shape index (κ3) is 3.37. The normalized spacial score (nSPS) is 12.6. The van der Waals surface area contributed by atoms with Gasteiger partial charge in [0.25, 0.3) is 0 Å². The maximum absolute atomic E-state index is 12.0. The molecule has 88 valence electrons. The van der Waals surface area contributed by atoms with E-state index in [1.807, 2.05) is 52.0 Å². The van der Waals surface area contributed by atoms with Gasteiger partial charge in [0.2, 0.25) is 0 Å². The smallest absolute Gasteiger partial charge is 0.165 e. The first-order valence-corrected chi connectivity index (χ1v) is 5.85. The minimum atomic E-state index is 0.0781. The number of benzene rings is 1. The molecule has 0 N–H and O–H groups in total. The molecule has 0 aliphatic carbocycles. The van der Waals surface area contributed by atoms with Crippen LogP contribution in [0.3, 0.4) is 0 Å². The highest BCUT2D eigenvalue weighted by atomic mass is 16.5. The molecule has 0 amide bonds. The summed E-state index contributed by atoms with van der Waals surface area (Å²) in [7, 11) is 0. The monoisotopic (exact) mass is 220 g/mol. The van der Waals surface area contributed by atoms with E-state index < -0.39 is 0 Å². The van der Waals surface area contributed by atoms with Crippen molar-refractivity contribution in [3.63, 3.8) is 0 Å². The second-order valence-electron chi connectivity index (χ2n) is 4.37. The molecule has 0 fully saturated rings. The number of rotatable bonds is 5. The Kier molecular flexibility index (Phi) is 4.53. The zero-order valence-corrected chi connectivity index (χ0v) is 10.5. The molecule has 0 aromatic heterocycles. The van der Waals surface area contributed by atoms with Gasteiger partial charge in [-0.15, -0.1) is 0 Å². The van der Waals surface area contributed by atoms with Crippen LogP contribution in [-0.2, 0) is 0 Å². The van der Waals surface area contributed by atoms with Gasteiger partial charge in [0.1, 0.15) is 5.75 Å². The summed E-state index contributed by atoms with van der Waals surface area (Å²) in [6.07, 6.45) is 1.00. The Balaban J connectivity index is 2.85. The van der Waals surface area contributed by atoms with Crippen molar-refractivity contribution in [3.8, 4) is 5.75 Å². The number of hydrogen-bond donors (Lipinski definition) is 0. The van der Waals surface area contributed by atoms with Crippen molar-refractivity contribution in [1.82, 2.24) is 0 Å². The Morgan fingerprint density at radius 3 is 2.56 bits per heavy atom. The van der Waals surface area contributed by atoms with E-state index in [4.69, 9.17) is 4.74 Å². The fourth-order valence-corrected chi connectivity index (χ4v) is 1.46. The first-order valence-electron chi connectivity index (χ1n) is 5.85. The van der Waals surface area contributed by atoms with Gasteiger partial charge >= 0.3 is 0 Å². The van der Waals surface area contributed by atoms with E-state index in [0.29, 0.717) is 0 Å². The van der Waals surface area contributed by atoms with Gasteiger partial charge in [0.05, 0.1) is 6.10 Å². The lowest BCUT2D eigenvalue weighted by Crippen LogP contribution is -2.11. The third-order valence-corrected chi connectivity index (χ3v) is 2.55. The van der Waals surface area contributed by atoms with Crippen LogP contribution in [0.1, 0.15) is 44.5 Å². The summed E-state index contributed by atoms with van der Waals surface area (Å²) in [5.41, 5.74) is 0.743. The lowest BCUT2D eigenvalue weighted by atomic mass is 9.97. The molecule has 16 heavy (non-hydrogen) atoms. The second-order valence-corrected chi connectivity index (χ2v) is 4.37. The van der Waals surface area contributed by atoms with Gasteiger partial charge < -0.3 is 4.74 Å². The van der Waals surface area contributed by atoms with Crippen LogP contribution in [0.15, 0.2) is 24.3 Å². The van der Waals surface area contributed by atoms with Crippen molar-refractivity contribution in [2.45, 2.75) is 40.2 Å². The average Bonchev–Trinajstić information content (AvgIpc) is 2.26. The maximum atomic E-state index is 12.0. The predicted molar refractivity (Wildman–Crippen MR) is 66.0 cm³/mol. The highest BCUT2D eigenvalue weighted by Crippen LogP contribution is 2.18. The second kappa shape index (κ2) is 5.69. The summed E-state index contributed by atoms with van der Waals surface area (Å²) in [6, 6.07) is 7.43. The molecule has 0 heterocycles. The molecule has 0 radical (unpaired) electrons. The first kappa shape index (κ1) is 12.8. The molecule has 1 atom stereocenters. The summed E-state index contributed by atoms with van der Waals surface area (Å²) in [5, 5.41) is 0. The molecule has 0 spiro atoms. The molecule has 0 saturated heterocycles. The number of ketones is 1. The summed E-state index contributed by atoms with van der Waals surface area (Å²) < 4.78 is 5.57. The maximum Gasteiger partial charge on any atom is 0.165 e. The van der Waals surface area contributed by atoms with E-state index in [-0.39, 0.29) is 17.8 Å². The molecule has 2 heteroatoms. The third-order valence-electron chi connectivity index (χ3n) is 2.55. The van der Waals surface area contributed by atoms with Crippen LogP contribution < -0.4 is 4.74 Å². The lowest BCUT2D eigenvalue weighted by Gasteiger charge is -2.12. The van der Waals surface area contributed by atoms with E-state index in [9.17, 15) is 4.79 Å². The predicted octanol–water partition coefficient (Wildman–Crippen LogP) is 3.70. The minimum Gasteiger partial charge on any atom is -0.491 e. The van der Waals surface area contributed by atoms with Crippen LogP contribution >= 0.6 is 0 Å². The molecule has 0 bridgehead atoms.